The number of hydrogen-bond acceptors (Lipinski definition) is 4. The van der Waals surface area contributed by atoms with Crippen LogP contribution in [-0.4, -0.2) is 24.6 Å². The van der Waals surface area contributed by atoms with E-state index in [4.69, 9.17) is 11.6 Å². The molecule has 4 nitrogen and oxygen atoms in total. The molecule has 0 radical (unpaired) electrons. The second-order valence-electron chi connectivity index (χ2n) is 3.67. The summed E-state index contributed by atoms with van der Waals surface area (Å²) in [5.74, 6) is -0.143. The number of halogens is 1. The van der Waals surface area contributed by atoms with E-state index in [1.807, 2.05) is 6.07 Å². The Hall–Kier alpha value is -1.29. The number of ether oxygens (including phenoxy) is 1. The molecule has 0 saturated carbocycles. The molecule has 0 saturated heterocycles. The van der Waals surface area contributed by atoms with Crippen molar-refractivity contribution < 1.29 is 9.53 Å². The highest BCUT2D eigenvalue weighted by atomic mass is 35.5. The zero-order valence-electron chi connectivity index (χ0n) is 9.91. The van der Waals surface area contributed by atoms with Gasteiger partial charge in [-0.1, -0.05) is 18.0 Å². The van der Waals surface area contributed by atoms with Crippen molar-refractivity contribution in [2.24, 2.45) is 0 Å². The van der Waals surface area contributed by atoms with Gasteiger partial charge >= 0.3 is 5.97 Å². The van der Waals surface area contributed by atoms with E-state index in [-0.39, 0.29) is 5.97 Å². The zero-order valence-corrected chi connectivity index (χ0v) is 10.7. The van der Waals surface area contributed by atoms with Crippen molar-refractivity contribution in [2.75, 3.05) is 19.0 Å². The third kappa shape index (κ3) is 5.54. The van der Waals surface area contributed by atoms with E-state index in [0.717, 1.165) is 31.5 Å². The van der Waals surface area contributed by atoms with Crippen molar-refractivity contribution in [3.63, 3.8) is 0 Å². The summed E-state index contributed by atoms with van der Waals surface area (Å²) in [5.41, 5.74) is 0.898. The first kappa shape index (κ1) is 13.8. The van der Waals surface area contributed by atoms with Crippen LogP contribution in [0.25, 0.3) is 0 Å². The summed E-state index contributed by atoms with van der Waals surface area (Å²) in [7, 11) is 1.41. The molecule has 0 aliphatic carbocycles. The Kier molecular flexibility index (Phi) is 6.40. The summed E-state index contributed by atoms with van der Waals surface area (Å²) >= 11 is 5.94. The molecule has 0 unspecified atom stereocenters. The number of aromatic nitrogens is 1. The third-order valence-corrected chi connectivity index (χ3v) is 2.67. The van der Waals surface area contributed by atoms with Gasteiger partial charge in [0.25, 0.3) is 0 Å². The van der Waals surface area contributed by atoms with Crippen LogP contribution in [0.3, 0.4) is 0 Å². The second-order valence-corrected chi connectivity index (χ2v) is 4.08. The molecule has 94 valence electrons. The average Bonchev–Trinajstić information content (AvgIpc) is 2.35. The molecule has 0 aliphatic heterocycles. The lowest BCUT2D eigenvalue weighted by Gasteiger charge is -2.07. The van der Waals surface area contributed by atoms with E-state index < -0.39 is 0 Å². The monoisotopic (exact) mass is 256 g/mol. The summed E-state index contributed by atoms with van der Waals surface area (Å²) < 4.78 is 4.56. The lowest BCUT2D eigenvalue weighted by atomic mass is 10.2. The summed E-state index contributed by atoms with van der Waals surface area (Å²) in [6.07, 6.45) is 6.65. The van der Waals surface area contributed by atoms with Crippen LogP contribution in [0.5, 0.6) is 0 Å². The van der Waals surface area contributed by atoms with Crippen molar-refractivity contribution in [2.45, 2.75) is 25.7 Å². The molecule has 1 N–H and O–H groups in total. The molecule has 1 aromatic heterocycles. The van der Waals surface area contributed by atoms with Gasteiger partial charge in [0, 0.05) is 25.4 Å². The average molecular weight is 257 g/mol. The topological polar surface area (TPSA) is 51.2 Å². The van der Waals surface area contributed by atoms with Gasteiger partial charge in [-0.3, -0.25) is 9.78 Å². The fourth-order valence-electron chi connectivity index (χ4n) is 1.41. The first-order valence-electron chi connectivity index (χ1n) is 5.64. The predicted octanol–water partition coefficient (Wildman–Crippen LogP) is 2.88. The number of carbonyl (C=O) groups is 1. The molecule has 0 spiro atoms. The maximum Gasteiger partial charge on any atom is 0.305 e. The van der Waals surface area contributed by atoms with Crippen molar-refractivity contribution in [3.8, 4) is 0 Å². The van der Waals surface area contributed by atoms with Gasteiger partial charge < -0.3 is 10.1 Å². The van der Waals surface area contributed by atoms with E-state index >= 15 is 0 Å². The standard InChI is InChI=1S/C12H17ClN2O2/c1-17-12(16)5-3-2-4-7-15-11-6-8-14-9-10(11)13/h6,8-9H,2-5,7H2,1H3,(H,14,15). The smallest absolute Gasteiger partial charge is 0.305 e. The van der Waals surface area contributed by atoms with E-state index in [1.54, 1.807) is 12.4 Å². The molecular formula is C12H17ClN2O2. The number of hydrogen-bond donors (Lipinski definition) is 1. The molecule has 1 aromatic rings. The van der Waals surface area contributed by atoms with E-state index in [9.17, 15) is 4.79 Å². The summed E-state index contributed by atoms with van der Waals surface area (Å²) in [6, 6.07) is 1.84. The maximum absolute atomic E-state index is 10.8. The minimum Gasteiger partial charge on any atom is -0.469 e. The van der Waals surface area contributed by atoms with Gasteiger partial charge in [-0.25, -0.2) is 0 Å². The van der Waals surface area contributed by atoms with Crippen molar-refractivity contribution in [3.05, 3.63) is 23.5 Å². The number of nitrogens with one attached hydrogen (secondary N) is 1. The van der Waals surface area contributed by atoms with Gasteiger partial charge in [0.2, 0.25) is 0 Å². The molecule has 0 amide bonds. The van der Waals surface area contributed by atoms with Crippen LogP contribution in [0.1, 0.15) is 25.7 Å². The Labute approximate surface area is 106 Å². The Bertz CT molecular complexity index is 358. The van der Waals surface area contributed by atoms with Gasteiger partial charge in [0.15, 0.2) is 0 Å². The van der Waals surface area contributed by atoms with Gasteiger partial charge in [0.05, 0.1) is 17.8 Å². The molecular weight excluding hydrogens is 240 g/mol. The van der Waals surface area contributed by atoms with E-state index in [0.29, 0.717) is 11.4 Å². The van der Waals surface area contributed by atoms with Gasteiger partial charge in [-0.15, -0.1) is 0 Å². The SMILES string of the molecule is COC(=O)CCCCCNc1ccncc1Cl. The van der Waals surface area contributed by atoms with Crippen LogP contribution in [-0.2, 0) is 9.53 Å². The first-order valence-corrected chi connectivity index (χ1v) is 6.02. The van der Waals surface area contributed by atoms with Crippen LogP contribution in [0, 0.1) is 0 Å². The number of esters is 1. The van der Waals surface area contributed by atoms with Crippen molar-refractivity contribution >= 4 is 23.3 Å². The number of pyridine rings is 1. The molecule has 0 bridgehead atoms. The van der Waals surface area contributed by atoms with E-state index in [2.05, 4.69) is 15.0 Å². The predicted molar refractivity (Wildman–Crippen MR) is 68.2 cm³/mol. The fraction of sp³-hybridized carbons (Fsp3) is 0.500. The number of methoxy groups -OCH3 is 1. The van der Waals surface area contributed by atoms with Crippen molar-refractivity contribution in [1.82, 2.24) is 4.98 Å². The van der Waals surface area contributed by atoms with Gasteiger partial charge in [-0.2, -0.15) is 0 Å². The molecule has 17 heavy (non-hydrogen) atoms. The molecule has 0 aromatic carbocycles. The number of anilines is 1. The Morgan fingerprint density at radius 1 is 1.47 bits per heavy atom. The lowest BCUT2D eigenvalue weighted by molar-refractivity contribution is -0.140. The maximum atomic E-state index is 10.8. The fourth-order valence-corrected chi connectivity index (χ4v) is 1.60. The van der Waals surface area contributed by atoms with Crippen LogP contribution in [0.2, 0.25) is 5.02 Å². The molecule has 0 aliphatic rings. The van der Waals surface area contributed by atoms with Gasteiger partial charge in [-0.05, 0) is 18.9 Å². The molecule has 5 heteroatoms. The third-order valence-electron chi connectivity index (χ3n) is 2.37. The normalized spacial score (nSPS) is 10.0. The number of rotatable bonds is 7. The molecule has 0 atom stereocenters. The van der Waals surface area contributed by atoms with E-state index in [1.165, 1.54) is 7.11 Å². The molecule has 0 fully saturated rings. The molecule has 1 rings (SSSR count). The summed E-state index contributed by atoms with van der Waals surface area (Å²) in [5, 5.41) is 3.85. The second kappa shape index (κ2) is 7.90. The molecule has 1 heterocycles. The lowest BCUT2D eigenvalue weighted by Crippen LogP contribution is -2.03. The Morgan fingerprint density at radius 3 is 3.00 bits per heavy atom. The minimum absolute atomic E-state index is 0.143. The van der Waals surface area contributed by atoms with Crippen LogP contribution in [0.15, 0.2) is 18.5 Å². The van der Waals surface area contributed by atoms with Crippen LogP contribution < -0.4 is 5.32 Å². The van der Waals surface area contributed by atoms with Crippen LogP contribution >= 0.6 is 11.6 Å². The largest absolute Gasteiger partial charge is 0.469 e. The number of nitrogens with zero attached hydrogens (tertiary/aromatic N) is 1. The first-order chi connectivity index (χ1) is 8.24. The van der Waals surface area contributed by atoms with Crippen molar-refractivity contribution in [1.29, 1.82) is 0 Å². The zero-order chi connectivity index (χ0) is 12.5. The van der Waals surface area contributed by atoms with Gasteiger partial charge in [0.1, 0.15) is 0 Å². The van der Waals surface area contributed by atoms with Crippen LogP contribution in [0.4, 0.5) is 5.69 Å². The Balaban J connectivity index is 2.09. The summed E-state index contributed by atoms with van der Waals surface area (Å²) in [4.78, 5) is 14.8. The quantitative estimate of drug-likeness (QED) is 0.602. The number of carbonyl (C=O) groups excluding carboxylic acids is 1. The highest BCUT2D eigenvalue weighted by molar-refractivity contribution is 6.33. The minimum atomic E-state index is -0.143. The highest BCUT2D eigenvalue weighted by Crippen LogP contribution is 2.18. The Morgan fingerprint density at radius 2 is 2.29 bits per heavy atom. The number of unbranched alkanes of at least 4 members (excludes halogenated alkanes) is 2. The summed E-state index contributed by atoms with van der Waals surface area (Å²) in [6.45, 7) is 0.838. The highest BCUT2D eigenvalue weighted by Gasteiger charge is 2.00.